The molecule has 0 fully saturated rings. The maximum absolute atomic E-state index is 8.76. The van der Waals surface area contributed by atoms with Gasteiger partial charge in [0, 0.05) is 24.2 Å². The van der Waals surface area contributed by atoms with Crippen LogP contribution in [0, 0.1) is 23.3 Å². The number of rotatable bonds is 2. The first-order chi connectivity index (χ1) is 9.28. The minimum Gasteiger partial charge on any atom is -0.396 e. The summed E-state index contributed by atoms with van der Waals surface area (Å²) >= 11 is 0. The molecule has 0 heterocycles. The second-order valence-corrected chi connectivity index (χ2v) is 12.1. The second kappa shape index (κ2) is 7.16. The molecule has 0 aromatic heterocycles. The van der Waals surface area contributed by atoms with Gasteiger partial charge in [-0.25, -0.2) is 0 Å². The molecule has 0 saturated carbocycles. The van der Waals surface area contributed by atoms with E-state index >= 15 is 0 Å². The smallest absolute Gasteiger partial charge is 0.138 e. The van der Waals surface area contributed by atoms with Crippen LogP contribution < -0.4 is 0 Å². The summed E-state index contributed by atoms with van der Waals surface area (Å²) in [7, 11) is -1.52. The van der Waals surface area contributed by atoms with E-state index in [1.54, 1.807) is 0 Å². The topological polar surface area (TPSA) is 20.2 Å². The van der Waals surface area contributed by atoms with Gasteiger partial charge in [0.1, 0.15) is 8.07 Å². The van der Waals surface area contributed by atoms with Crippen molar-refractivity contribution in [1.29, 1.82) is 0 Å². The van der Waals surface area contributed by atoms with Crippen molar-refractivity contribution < 1.29 is 5.11 Å². The van der Waals surface area contributed by atoms with E-state index in [9.17, 15) is 0 Å². The van der Waals surface area contributed by atoms with Crippen LogP contribution in [0.15, 0.2) is 11.1 Å². The summed E-state index contributed by atoms with van der Waals surface area (Å²) in [4.78, 5) is 0. The standard InChI is InChI=1S/C18H28OSi/c1-18(2,3)20(4,5)15-13-17-12-9-11-16(17)10-7-6-8-14-19/h19H,6,8-9,11-12,14H2,1-5H3. The molecule has 2 heteroatoms. The molecule has 0 radical (unpaired) electrons. The molecule has 1 N–H and O–H groups in total. The third-order valence-electron chi connectivity index (χ3n) is 4.32. The summed E-state index contributed by atoms with van der Waals surface area (Å²) in [6.07, 6.45) is 4.90. The lowest BCUT2D eigenvalue weighted by Crippen LogP contribution is -2.35. The fourth-order valence-electron chi connectivity index (χ4n) is 1.78. The Balaban J connectivity index is 2.86. The van der Waals surface area contributed by atoms with Gasteiger partial charge < -0.3 is 5.11 Å². The molecular weight excluding hydrogens is 260 g/mol. The van der Waals surface area contributed by atoms with Crippen LogP contribution in [0.1, 0.15) is 52.9 Å². The first kappa shape index (κ1) is 17.1. The van der Waals surface area contributed by atoms with E-state index in [0.29, 0.717) is 5.04 Å². The van der Waals surface area contributed by atoms with Gasteiger partial charge in [-0.2, -0.15) is 0 Å². The molecule has 0 aromatic rings. The molecule has 0 amide bonds. The zero-order chi connectivity index (χ0) is 15.2. The van der Waals surface area contributed by atoms with E-state index in [4.69, 9.17) is 5.11 Å². The van der Waals surface area contributed by atoms with Gasteiger partial charge in [0.05, 0.1) is 0 Å². The lowest BCUT2D eigenvalue weighted by Gasteiger charge is -2.31. The van der Waals surface area contributed by atoms with Gasteiger partial charge in [-0.15, -0.1) is 5.54 Å². The van der Waals surface area contributed by atoms with Crippen molar-refractivity contribution in [3.05, 3.63) is 11.1 Å². The molecular formula is C18H28OSi. The van der Waals surface area contributed by atoms with Crippen LogP contribution in [0.5, 0.6) is 0 Å². The third kappa shape index (κ3) is 4.86. The largest absolute Gasteiger partial charge is 0.396 e. The normalized spacial score (nSPS) is 15.5. The predicted molar refractivity (Wildman–Crippen MR) is 89.9 cm³/mol. The highest BCUT2D eigenvalue weighted by molar-refractivity contribution is 6.87. The molecule has 1 aliphatic carbocycles. The van der Waals surface area contributed by atoms with Gasteiger partial charge in [-0.1, -0.05) is 51.6 Å². The highest BCUT2D eigenvalue weighted by atomic mass is 28.3. The van der Waals surface area contributed by atoms with Gasteiger partial charge in [0.15, 0.2) is 0 Å². The van der Waals surface area contributed by atoms with Crippen molar-refractivity contribution in [2.75, 3.05) is 6.61 Å². The Morgan fingerprint density at radius 1 is 1.10 bits per heavy atom. The maximum atomic E-state index is 8.76. The summed E-state index contributed by atoms with van der Waals surface area (Å²) in [5, 5.41) is 9.07. The molecule has 0 aromatic carbocycles. The molecule has 0 bridgehead atoms. The van der Waals surface area contributed by atoms with E-state index in [1.807, 2.05) is 0 Å². The molecule has 1 nitrogen and oxygen atoms in total. The van der Waals surface area contributed by atoms with Gasteiger partial charge in [0.2, 0.25) is 0 Å². The zero-order valence-electron chi connectivity index (χ0n) is 13.7. The van der Waals surface area contributed by atoms with Crippen molar-refractivity contribution in [1.82, 2.24) is 0 Å². The van der Waals surface area contributed by atoms with Gasteiger partial charge in [-0.05, 0) is 30.7 Å². The fourth-order valence-corrected chi connectivity index (χ4v) is 2.61. The molecule has 0 unspecified atom stereocenters. The SMILES string of the molecule is CC(C)(C)[Si](C)(C)C#CC1=C(C#CCCCO)CCC1. The highest BCUT2D eigenvalue weighted by Gasteiger charge is 2.33. The predicted octanol–water partition coefficient (Wildman–Crippen LogP) is 4.29. The van der Waals surface area contributed by atoms with Crippen LogP contribution in [0.2, 0.25) is 18.1 Å². The Morgan fingerprint density at radius 2 is 1.70 bits per heavy atom. The average Bonchev–Trinajstić information content (AvgIpc) is 2.78. The Labute approximate surface area is 125 Å². The van der Waals surface area contributed by atoms with Crippen molar-refractivity contribution in [2.24, 2.45) is 0 Å². The van der Waals surface area contributed by atoms with Crippen LogP contribution in [0.4, 0.5) is 0 Å². The third-order valence-corrected chi connectivity index (χ3v) is 8.82. The van der Waals surface area contributed by atoms with Crippen LogP contribution >= 0.6 is 0 Å². The van der Waals surface area contributed by atoms with Gasteiger partial charge >= 0.3 is 0 Å². The van der Waals surface area contributed by atoms with E-state index in [-0.39, 0.29) is 6.61 Å². The van der Waals surface area contributed by atoms with E-state index < -0.39 is 8.07 Å². The summed E-state index contributed by atoms with van der Waals surface area (Å²) < 4.78 is 0. The second-order valence-electron chi connectivity index (χ2n) is 7.06. The number of aliphatic hydroxyl groups is 1. The molecule has 1 rings (SSSR count). The molecule has 0 aliphatic heterocycles. The quantitative estimate of drug-likeness (QED) is 0.456. The fraction of sp³-hybridized carbons (Fsp3) is 0.667. The molecule has 0 atom stereocenters. The van der Waals surface area contributed by atoms with E-state index in [0.717, 1.165) is 25.7 Å². The lowest BCUT2D eigenvalue weighted by molar-refractivity contribution is 0.290. The molecule has 110 valence electrons. The number of allylic oxidation sites excluding steroid dienone is 2. The number of hydrogen-bond donors (Lipinski definition) is 1. The number of unbranched alkanes of at least 4 members (excludes halogenated alkanes) is 1. The summed E-state index contributed by atoms with van der Waals surface area (Å²) in [5.41, 5.74) is 6.11. The van der Waals surface area contributed by atoms with Crippen molar-refractivity contribution in [2.45, 2.75) is 71.0 Å². The molecule has 1 aliphatic rings. The van der Waals surface area contributed by atoms with Crippen LogP contribution in [-0.2, 0) is 0 Å². The Kier molecular flexibility index (Phi) is 6.12. The van der Waals surface area contributed by atoms with Crippen molar-refractivity contribution in [3.63, 3.8) is 0 Å². The van der Waals surface area contributed by atoms with Gasteiger partial charge in [-0.3, -0.25) is 0 Å². The van der Waals surface area contributed by atoms with Gasteiger partial charge in [0.25, 0.3) is 0 Å². The van der Waals surface area contributed by atoms with E-state index in [1.165, 1.54) is 17.6 Å². The van der Waals surface area contributed by atoms with Crippen LogP contribution in [-0.4, -0.2) is 19.8 Å². The summed E-state index contributed by atoms with van der Waals surface area (Å²) in [5.74, 6) is 9.89. The summed E-state index contributed by atoms with van der Waals surface area (Å²) in [6, 6.07) is 0. The number of aliphatic hydroxyl groups excluding tert-OH is 1. The average molecular weight is 289 g/mol. The first-order valence-electron chi connectivity index (χ1n) is 7.63. The monoisotopic (exact) mass is 288 g/mol. The minimum atomic E-state index is -1.52. The minimum absolute atomic E-state index is 0.228. The summed E-state index contributed by atoms with van der Waals surface area (Å²) in [6.45, 7) is 11.8. The highest BCUT2D eigenvalue weighted by Crippen LogP contribution is 2.35. The molecule has 20 heavy (non-hydrogen) atoms. The Morgan fingerprint density at radius 3 is 2.25 bits per heavy atom. The van der Waals surface area contributed by atoms with Crippen molar-refractivity contribution >= 4 is 8.07 Å². The van der Waals surface area contributed by atoms with E-state index in [2.05, 4.69) is 57.2 Å². The van der Waals surface area contributed by atoms with Crippen LogP contribution in [0.3, 0.4) is 0 Å². The number of hydrogen-bond acceptors (Lipinski definition) is 1. The molecule has 0 saturated heterocycles. The first-order valence-corrected chi connectivity index (χ1v) is 10.6. The Bertz CT molecular complexity index is 483. The van der Waals surface area contributed by atoms with Crippen LogP contribution in [0.25, 0.3) is 0 Å². The maximum Gasteiger partial charge on any atom is 0.138 e. The zero-order valence-corrected chi connectivity index (χ0v) is 14.7. The lowest BCUT2D eigenvalue weighted by atomic mass is 10.1. The van der Waals surface area contributed by atoms with Crippen molar-refractivity contribution in [3.8, 4) is 23.3 Å². The molecule has 0 spiro atoms. The Hall–Kier alpha value is -0.963.